The molecular weight excluding hydrogens is 492 g/mol. The van der Waals surface area contributed by atoms with Crippen LogP contribution in [0.15, 0.2) is 65.2 Å². The molecule has 0 aliphatic rings. The van der Waals surface area contributed by atoms with Crippen LogP contribution in [-0.2, 0) is 20.8 Å². The molecule has 2 aromatic carbocycles. The Bertz CT molecular complexity index is 1220. The van der Waals surface area contributed by atoms with Gasteiger partial charge in [0, 0.05) is 41.6 Å². The molecule has 0 bridgehead atoms. The van der Waals surface area contributed by atoms with Crippen molar-refractivity contribution in [1.82, 2.24) is 15.4 Å². The molecule has 0 aliphatic carbocycles. The molecule has 3 rings (SSSR count). The Morgan fingerprint density at radius 3 is 2.32 bits per heavy atom. The summed E-state index contributed by atoms with van der Waals surface area (Å²) in [6.45, 7) is 7.61. The second kappa shape index (κ2) is 12.5. The standard InChI is InChI=1S/C28H33ClN4O4/c1-19-18-23(32-37-19)30-24(34)14-15-25(35)33(17-16-20-10-6-5-7-11-20)26(27(36)31-28(2,3)4)21-12-8-9-13-22(21)29/h5-13,18,26H,14-17H2,1-4H3,(H,31,36)(H,30,32,34). The van der Waals surface area contributed by atoms with Crippen molar-refractivity contribution in [2.45, 2.75) is 58.5 Å². The first-order valence-corrected chi connectivity index (χ1v) is 12.5. The van der Waals surface area contributed by atoms with E-state index < -0.39 is 11.6 Å². The number of nitrogens with zero attached hydrogens (tertiary/aromatic N) is 2. The Morgan fingerprint density at radius 1 is 1.03 bits per heavy atom. The number of hydrogen-bond donors (Lipinski definition) is 2. The van der Waals surface area contributed by atoms with E-state index in [1.807, 2.05) is 51.1 Å². The van der Waals surface area contributed by atoms with Gasteiger partial charge in [-0.1, -0.05) is 65.3 Å². The zero-order chi connectivity index (χ0) is 27.0. The van der Waals surface area contributed by atoms with Crippen LogP contribution in [0.2, 0.25) is 5.02 Å². The summed E-state index contributed by atoms with van der Waals surface area (Å²) in [5.74, 6) is -0.209. The highest BCUT2D eigenvalue weighted by Gasteiger charge is 2.34. The van der Waals surface area contributed by atoms with Crippen molar-refractivity contribution in [3.05, 3.63) is 82.6 Å². The summed E-state index contributed by atoms with van der Waals surface area (Å²) < 4.78 is 4.96. The predicted octanol–water partition coefficient (Wildman–Crippen LogP) is 5.08. The third kappa shape index (κ3) is 8.46. The van der Waals surface area contributed by atoms with E-state index in [0.717, 1.165) is 5.56 Å². The van der Waals surface area contributed by atoms with Crippen molar-refractivity contribution in [3.63, 3.8) is 0 Å². The fourth-order valence-electron chi connectivity index (χ4n) is 3.87. The number of benzene rings is 2. The van der Waals surface area contributed by atoms with Gasteiger partial charge in [0.05, 0.1) is 0 Å². The minimum atomic E-state index is -0.967. The summed E-state index contributed by atoms with van der Waals surface area (Å²) in [4.78, 5) is 41.2. The number of nitrogens with one attached hydrogen (secondary N) is 2. The molecule has 1 aromatic heterocycles. The number of anilines is 1. The molecule has 0 saturated heterocycles. The highest BCUT2D eigenvalue weighted by Crippen LogP contribution is 2.30. The minimum absolute atomic E-state index is 0.0806. The normalized spacial score (nSPS) is 12.0. The monoisotopic (exact) mass is 524 g/mol. The number of carbonyl (C=O) groups excluding carboxylic acids is 3. The predicted molar refractivity (Wildman–Crippen MR) is 143 cm³/mol. The first-order chi connectivity index (χ1) is 17.5. The van der Waals surface area contributed by atoms with Gasteiger partial charge in [-0.25, -0.2) is 0 Å². The van der Waals surface area contributed by atoms with E-state index in [4.69, 9.17) is 16.1 Å². The second-order valence-electron chi connectivity index (χ2n) is 9.86. The molecule has 1 atom stereocenters. The largest absolute Gasteiger partial charge is 0.360 e. The van der Waals surface area contributed by atoms with Gasteiger partial charge < -0.3 is 20.1 Å². The molecule has 1 unspecified atom stereocenters. The van der Waals surface area contributed by atoms with Crippen LogP contribution in [0.5, 0.6) is 0 Å². The zero-order valence-electron chi connectivity index (χ0n) is 21.6. The Balaban J connectivity index is 1.87. The third-order valence-electron chi connectivity index (χ3n) is 5.52. The maximum absolute atomic E-state index is 13.6. The molecule has 9 heteroatoms. The first-order valence-electron chi connectivity index (χ1n) is 12.2. The average molecular weight is 525 g/mol. The van der Waals surface area contributed by atoms with Crippen LogP contribution in [0.4, 0.5) is 5.82 Å². The topological polar surface area (TPSA) is 105 Å². The Hall–Kier alpha value is -3.65. The summed E-state index contributed by atoms with van der Waals surface area (Å²) in [7, 11) is 0. The Morgan fingerprint density at radius 2 is 1.70 bits per heavy atom. The van der Waals surface area contributed by atoms with Gasteiger partial charge in [0.25, 0.3) is 0 Å². The molecular formula is C28H33ClN4O4. The van der Waals surface area contributed by atoms with Gasteiger partial charge in [-0.2, -0.15) is 0 Å². The molecule has 1 heterocycles. The zero-order valence-corrected chi connectivity index (χ0v) is 22.3. The molecule has 3 amide bonds. The summed E-state index contributed by atoms with van der Waals surface area (Å²) in [6, 6.07) is 17.3. The molecule has 196 valence electrons. The lowest BCUT2D eigenvalue weighted by atomic mass is 10.00. The van der Waals surface area contributed by atoms with Gasteiger partial charge in [0.15, 0.2) is 5.82 Å². The van der Waals surface area contributed by atoms with Gasteiger partial charge in [-0.3, -0.25) is 14.4 Å². The molecule has 0 aliphatic heterocycles. The number of amides is 3. The van der Waals surface area contributed by atoms with Crippen LogP contribution in [0.1, 0.15) is 56.5 Å². The maximum Gasteiger partial charge on any atom is 0.247 e. The molecule has 37 heavy (non-hydrogen) atoms. The highest BCUT2D eigenvalue weighted by molar-refractivity contribution is 6.31. The third-order valence-corrected chi connectivity index (χ3v) is 5.87. The highest BCUT2D eigenvalue weighted by atomic mass is 35.5. The van der Waals surface area contributed by atoms with Gasteiger partial charge >= 0.3 is 0 Å². The molecule has 8 nitrogen and oxygen atoms in total. The van der Waals surface area contributed by atoms with E-state index in [1.165, 1.54) is 4.90 Å². The number of carbonyl (C=O) groups is 3. The van der Waals surface area contributed by atoms with E-state index in [2.05, 4.69) is 15.8 Å². The van der Waals surface area contributed by atoms with E-state index in [0.29, 0.717) is 22.8 Å². The van der Waals surface area contributed by atoms with E-state index in [-0.39, 0.29) is 42.9 Å². The lowest BCUT2D eigenvalue weighted by molar-refractivity contribution is -0.142. The Labute approximate surface area is 222 Å². The quantitative estimate of drug-likeness (QED) is 0.384. The summed E-state index contributed by atoms with van der Waals surface area (Å²) in [5, 5.41) is 9.74. The van der Waals surface area contributed by atoms with Crippen LogP contribution in [0.25, 0.3) is 0 Å². The molecule has 0 radical (unpaired) electrons. The van der Waals surface area contributed by atoms with Crippen molar-refractivity contribution < 1.29 is 18.9 Å². The fourth-order valence-corrected chi connectivity index (χ4v) is 4.11. The van der Waals surface area contributed by atoms with Gasteiger partial charge in [-0.15, -0.1) is 0 Å². The number of hydrogen-bond acceptors (Lipinski definition) is 5. The maximum atomic E-state index is 13.6. The van der Waals surface area contributed by atoms with Crippen molar-refractivity contribution in [2.24, 2.45) is 0 Å². The van der Waals surface area contributed by atoms with Crippen LogP contribution >= 0.6 is 11.6 Å². The first kappa shape index (κ1) is 27.9. The molecule has 2 N–H and O–H groups in total. The van der Waals surface area contributed by atoms with Gasteiger partial charge in [0.1, 0.15) is 11.8 Å². The second-order valence-corrected chi connectivity index (χ2v) is 10.3. The van der Waals surface area contributed by atoms with Gasteiger partial charge in [0.2, 0.25) is 17.7 Å². The van der Waals surface area contributed by atoms with Crippen molar-refractivity contribution in [3.8, 4) is 0 Å². The lowest BCUT2D eigenvalue weighted by Crippen LogP contribution is -2.50. The summed E-state index contributed by atoms with van der Waals surface area (Å²) >= 11 is 6.52. The van der Waals surface area contributed by atoms with E-state index in [9.17, 15) is 14.4 Å². The number of halogens is 1. The van der Waals surface area contributed by atoms with Crippen LogP contribution in [0.3, 0.4) is 0 Å². The van der Waals surface area contributed by atoms with Gasteiger partial charge in [-0.05, 0) is 45.7 Å². The van der Waals surface area contributed by atoms with E-state index >= 15 is 0 Å². The minimum Gasteiger partial charge on any atom is -0.360 e. The smallest absolute Gasteiger partial charge is 0.247 e. The number of rotatable bonds is 10. The summed E-state index contributed by atoms with van der Waals surface area (Å²) in [6.07, 6.45) is 0.352. The molecule has 0 fully saturated rings. The number of aromatic nitrogens is 1. The van der Waals surface area contributed by atoms with Crippen molar-refractivity contribution in [1.29, 1.82) is 0 Å². The van der Waals surface area contributed by atoms with Crippen LogP contribution in [0, 0.1) is 6.92 Å². The molecule has 0 saturated carbocycles. The SMILES string of the molecule is Cc1cc(NC(=O)CCC(=O)N(CCc2ccccc2)C(C(=O)NC(C)(C)C)c2ccccc2Cl)no1. The number of aryl methyl sites for hydroxylation is 1. The summed E-state index contributed by atoms with van der Waals surface area (Å²) in [5.41, 5.74) is 1.02. The van der Waals surface area contributed by atoms with E-state index in [1.54, 1.807) is 37.3 Å². The molecule has 3 aromatic rings. The van der Waals surface area contributed by atoms with Crippen molar-refractivity contribution >= 4 is 35.1 Å². The Kier molecular flexibility index (Phi) is 9.47. The van der Waals surface area contributed by atoms with Crippen LogP contribution < -0.4 is 10.6 Å². The van der Waals surface area contributed by atoms with Crippen LogP contribution in [-0.4, -0.2) is 39.9 Å². The molecule has 0 spiro atoms. The fraction of sp³-hybridized carbons (Fsp3) is 0.357. The van der Waals surface area contributed by atoms with Crippen molar-refractivity contribution in [2.75, 3.05) is 11.9 Å². The average Bonchev–Trinajstić information content (AvgIpc) is 3.24. The lowest BCUT2D eigenvalue weighted by Gasteiger charge is -2.34.